The van der Waals surface area contributed by atoms with Gasteiger partial charge in [-0.15, -0.1) is 0 Å². The van der Waals surface area contributed by atoms with E-state index in [0.29, 0.717) is 5.69 Å². The number of halogens is 1. The molecular weight excluding hydrogens is 229 g/mol. The Hall–Kier alpha value is -2.11. The Bertz CT molecular complexity index is 463. The maximum atomic E-state index is 13.0. The molecule has 2 rings (SSSR count). The van der Waals surface area contributed by atoms with E-state index in [9.17, 15) is 14.0 Å². The first-order chi connectivity index (χ1) is 8.08. The van der Waals surface area contributed by atoms with Gasteiger partial charge in [0.1, 0.15) is 5.82 Å². The van der Waals surface area contributed by atoms with Crippen molar-refractivity contribution in [1.29, 1.82) is 0 Å². The lowest BCUT2D eigenvalue weighted by Gasteiger charge is -2.29. The summed E-state index contributed by atoms with van der Waals surface area (Å²) < 4.78 is 17.7. The summed E-state index contributed by atoms with van der Waals surface area (Å²) in [4.78, 5) is 23.4. The van der Waals surface area contributed by atoms with Crippen molar-refractivity contribution in [2.45, 2.75) is 12.5 Å². The van der Waals surface area contributed by atoms with Crippen LogP contribution in [0.1, 0.15) is 6.42 Å². The number of amides is 1. The first-order valence-corrected chi connectivity index (χ1v) is 5.04. The topological polar surface area (TPSA) is 66.8 Å². The van der Waals surface area contributed by atoms with Crippen molar-refractivity contribution >= 4 is 17.7 Å². The van der Waals surface area contributed by atoms with Crippen LogP contribution in [-0.4, -0.2) is 29.8 Å². The molecule has 1 aromatic carbocycles. The van der Waals surface area contributed by atoms with Crippen LogP contribution in [0.5, 0.6) is 0 Å². The summed E-state index contributed by atoms with van der Waals surface area (Å²) in [6, 6.07) is 5.49. The molecule has 0 aliphatic carbocycles. The summed E-state index contributed by atoms with van der Waals surface area (Å²) in [5.74, 6) is -1.63. The van der Waals surface area contributed by atoms with Gasteiger partial charge in [-0.2, -0.15) is 0 Å². The Morgan fingerprint density at radius 3 is 2.88 bits per heavy atom. The Morgan fingerprint density at radius 2 is 2.29 bits per heavy atom. The standard InChI is InChI=1S/C11H10FNO4/c12-7-2-1-3-8(6-7)13-5-4-9(10(14)15)17-11(13)16/h1-3,6,9H,4-5H2,(H,14,15). The van der Waals surface area contributed by atoms with E-state index in [2.05, 4.69) is 0 Å². The number of carbonyl (C=O) groups is 2. The number of hydrogen-bond donors (Lipinski definition) is 1. The quantitative estimate of drug-likeness (QED) is 0.851. The van der Waals surface area contributed by atoms with Crippen LogP contribution < -0.4 is 4.90 Å². The smallest absolute Gasteiger partial charge is 0.415 e. The molecule has 1 fully saturated rings. The first-order valence-electron chi connectivity index (χ1n) is 5.04. The highest BCUT2D eigenvalue weighted by Crippen LogP contribution is 2.21. The zero-order valence-corrected chi connectivity index (χ0v) is 8.80. The van der Waals surface area contributed by atoms with Crippen LogP contribution in [0.4, 0.5) is 14.9 Å². The minimum absolute atomic E-state index is 0.178. The van der Waals surface area contributed by atoms with Gasteiger partial charge in [0.05, 0.1) is 0 Å². The predicted molar refractivity (Wildman–Crippen MR) is 56.3 cm³/mol. The number of carbonyl (C=O) groups excluding carboxylic acids is 1. The Balaban J connectivity index is 2.15. The number of cyclic esters (lactones) is 1. The first kappa shape index (κ1) is 11.4. The lowest BCUT2D eigenvalue weighted by atomic mass is 10.2. The third-order valence-electron chi connectivity index (χ3n) is 2.47. The molecule has 0 bridgehead atoms. The van der Waals surface area contributed by atoms with Gasteiger partial charge in [0.15, 0.2) is 0 Å². The van der Waals surface area contributed by atoms with Crippen LogP contribution in [0.2, 0.25) is 0 Å². The normalized spacial score (nSPS) is 19.9. The fourth-order valence-electron chi connectivity index (χ4n) is 1.63. The number of benzene rings is 1. The number of aliphatic carboxylic acids is 1. The Morgan fingerprint density at radius 1 is 1.53 bits per heavy atom. The van der Waals surface area contributed by atoms with E-state index >= 15 is 0 Å². The highest BCUT2D eigenvalue weighted by atomic mass is 19.1. The Kier molecular flexibility index (Phi) is 2.95. The van der Waals surface area contributed by atoms with E-state index in [1.807, 2.05) is 0 Å². The average molecular weight is 239 g/mol. The lowest BCUT2D eigenvalue weighted by molar-refractivity contribution is -0.147. The van der Waals surface area contributed by atoms with Crippen LogP contribution in [-0.2, 0) is 9.53 Å². The third-order valence-corrected chi connectivity index (χ3v) is 2.47. The molecule has 5 nitrogen and oxygen atoms in total. The molecule has 1 N–H and O–H groups in total. The highest BCUT2D eigenvalue weighted by Gasteiger charge is 2.32. The van der Waals surface area contributed by atoms with E-state index in [0.717, 1.165) is 0 Å². The molecule has 0 aromatic heterocycles. The fourth-order valence-corrected chi connectivity index (χ4v) is 1.63. The summed E-state index contributed by atoms with van der Waals surface area (Å²) >= 11 is 0. The van der Waals surface area contributed by atoms with Crippen molar-refractivity contribution in [3.05, 3.63) is 30.1 Å². The van der Waals surface area contributed by atoms with E-state index in [1.54, 1.807) is 6.07 Å². The molecule has 90 valence electrons. The molecule has 1 saturated heterocycles. The van der Waals surface area contributed by atoms with Gasteiger partial charge in [-0.25, -0.2) is 14.0 Å². The van der Waals surface area contributed by atoms with Crippen LogP contribution >= 0.6 is 0 Å². The van der Waals surface area contributed by atoms with Gasteiger partial charge in [0, 0.05) is 18.7 Å². The van der Waals surface area contributed by atoms with Gasteiger partial charge >= 0.3 is 12.1 Å². The van der Waals surface area contributed by atoms with Gasteiger partial charge in [-0.3, -0.25) is 4.90 Å². The van der Waals surface area contributed by atoms with Crippen LogP contribution in [0.3, 0.4) is 0 Å². The van der Waals surface area contributed by atoms with E-state index < -0.39 is 24.0 Å². The summed E-state index contributed by atoms with van der Waals surface area (Å²) in [6.07, 6.45) is -1.71. The molecule has 0 saturated carbocycles. The van der Waals surface area contributed by atoms with E-state index in [4.69, 9.17) is 9.84 Å². The Labute approximate surface area is 96.4 Å². The molecule has 6 heteroatoms. The molecule has 17 heavy (non-hydrogen) atoms. The fraction of sp³-hybridized carbons (Fsp3) is 0.273. The lowest BCUT2D eigenvalue weighted by Crippen LogP contribution is -2.45. The van der Waals surface area contributed by atoms with Crippen LogP contribution in [0, 0.1) is 5.82 Å². The van der Waals surface area contributed by atoms with Crippen LogP contribution in [0.15, 0.2) is 24.3 Å². The number of rotatable bonds is 2. The molecule has 1 heterocycles. The van der Waals surface area contributed by atoms with E-state index in [-0.39, 0.29) is 13.0 Å². The number of anilines is 1. The second-order valence-electron chi connectivity index (χ2n) is 3.63. The van der Waals surface area contributed by atoms with Gasteiger partial charge in [-0.1, -0.05) is 6.07 Å². The van der Waals surface area contributed by atoms with Crippen molar-refractivity contribution in [2.24, 2.45) is 0 Å². The number of hydrogen-bond acceptors (Lipinski definition) is 3. The molecule has 1 atom stereocenters. The molecule has 1 aliphatic rings. The molecular formula is C11H10FNO4. The van der Waals surface area contributed by atoms with Gasteiger partial charge < -0.3 is 9.84 Å². The molecule has 1 unspecified atom stereocenters. The maximum absolute atomic E-state index is 13.0. The summed E-state index contributed by atoms with van der Waals surface area (Å²) in [5, 5.41) is 8.70. The third kappa shape index (κ3) is 2.35. The van der Waals surface area contributed by atoms with Crippen LogP contribution in [0.25, 0.3) is 0 Å². The largest absolute Gasteiger partial charge is 0.479 e. The predicted octanol–water partition coefficient (Wildman–Crippen LogP) is 1.63. The number of carboxylic acid groups (broad SMARTS) is 1. The minimum atomic E-state index is -1.17. The average Bonchev–Trinajstić information content (AvgIpc) is 2.28. The highest BCUT2D eigenvalue weighted by molar-refractivity contribution is 5.90. The van der Waals surface area contributed by atoms with E-state index in [1.165, 1.54) is 23.1 Å². The van der Waals surface area contributed by atoms with Crippen molar-refractivity contribution in [1.82, 2.24) is 0 Å². The van der Waals surface area contributed by atoms with Crippen molar-refractivity contribution in [2.75, 3.05) is 11.4 Å². The monoisotopic (exact) mass is 239 g/mol. The van der Waals surface area contributed by atoms with Gasteiger partial charge in [0.2, 0.25) is 6.10 Å². The minimum Gasteiger partial charge on any atom is -0.479 e. The molecule has 1 aliphatic heterocycles. The number of ether oxygens (including phenoxy) is 1. The molecule has 0 radical (unpaired) electrons. The molecule has 1 aromatic rings. The zero-order valence-electron chi connectivity index (χ0n) is 8.80. The number of nitrogens with zero attached hydrogens (tertiary/aromatic N) is 1. The van der Waals surface area contributed by atoms with Gasteiger partial charge in [0.25, 0.3) is 0 Å². The maximum Gasteiger partial charge on any atom is 0.415 e. The summed E-state index contributed by atoms with van der Waals surface area (Å²) in [7, 11) is 0. The number of carboxylic acids is 1. The zero-order chi connectivity index (χ0) is 12.4. The van der Waals surface area contributed by atoms with Crippen molar-refractivity contribution in [3.63, 3.8) is 0 Å². The molecule has 0 spiro atoms. The van der Waals surface area contributed by atoms with Crippen molar-refractivity contribution < 1.29 is 23.8 Å². The second-order valence-corrected chi connectivity index (χ2v) is 3.63. The van der Waals surface area contributed by atoms with Gasteiger partial charge in [-0.05, 0) is 18.2 Å². The summed E-state index contributed by atoms with van der Waals surface area (Å²) in [6.45, 7) is 0.194. The second kappa shape index (κ2) is 4.40. The summed E-state index contributed by atoms with van der Waals surface area (Å²) in [5.41, 5.74) is 0.360. The molecule has 1 amide bonds. The van der Waals surface area contributed by atoms with Crippen molar-refractivity contribution in [3.8, 4) is 0 Å². The SMILES string of the molecule is O=C(O)C1CCN(c2cccc(F)c2)C(=O)O1.